The van der Waals surface area contributed by atoms with Crippen LogP contribution in [0.4, 0.5) is 4.79 Å². The highest BCUT2D eigenvalue weighted by atomic mass is 35.5. The summed E-state index contributed by atoms with van der Waals surface area (Å²) >= 11 is 5.79. The summed E-state index contributed by atoms with van der Waals surface area (Å²) in [4.78, 5) is 12.6. The van der Waals surface area contributed by atoms with Crippen molar-refractivity contribution in [2.24, 2.45) is 5.73 Å². The molecule has 17 heavy (non-hydrogen) atoms. The molecule has 0 radical (unpaired) electrons. The monoisotopic (exact) mass is 254 g/mol. The van der Waals surface area contributed by atoms with Crippen LogP contribution in [-0.4, -0.2) is 30.1 Å². The summed E-state index contributed by atoms with van der Waals surface area (Å²) in [6, 6.07) is 6.95. The molecule has 5 heteroatoms. The van der Waals surface area contributed by atoms with Crippen LogP contribution in [0.2, 0.25) is 5.02 Å². The van der Waals surface area contributed by atoms with Gasteiger partial charge in [-0.15, -0.1) is 0 Å². The molecule has 0 aliphatic carbocycles. The van der Waals surface area contributed by atoms with Crippen LogP contribution in [0.1, 0.15) is 12.8 Å². The van der Waals surface area contributed by atoms with Crippen LogP contribution >= 0.6 is 11.6 Å². The van der Waals surface area contributed by atoms with Gasteiger partial charge in [-0.05, 0) is 24.3 Å². The molecule has 1 saturated heterocycles. The molecule has 1 aromatic rings. The van der Waals surface area contributed by atoms with E-state index in [1.54, 1.807) is 17.0 Å². The van der Waals surface area contributed by atoms with Crippen molar-refractivity contribution in [1.29, 1.82) is 0 Å². The second-order valence-corrected chi connectivity index (χ2v) is 4.53. The normalized spacial score (nSPS) is 16.9. The molecule has 0 atom stereocenters. The van der Waals surface area contributed by atoms with E-state index in [9.17, 15) is 4.79 Å². The lowest BCUT2D eigenvalue weighted by Gasteiger charge is -2.30. The van der Waals surface area contributed by atoms with Crippen LogP contribution in [0.3, 0.4) is 0 Å². The van der Waals surface area contributed by atoms with Gasteiger partial charge in [0.15, 0.2) is 0 Å². The highest BCUT2D eigenvalue weighted by molar-refractivity contribution is 6.30. The average molecular weight is 255 g/mol. The molecule has 0 saturated carbocycles. The molecular weight excluding hydrogens is 240 g/mol. The number of benzene rings is 1. The van der Waals surface area contributed by atoms with Gasteiger partial charge >= 0.3 is 6.03 Å². The predicted molar refractivity (Wildman–Crippen MR) is 66.3 cm³/mol. The van der Waals surface area contributed by atoms with Crippen molar-refractivity contribution in [1.82, 2.24) is 4.90 Å². The van der Waals surface area contributed by atoms with E-state index < -0.39 is 0 Å². The number of nitrogens with two attached hydrogens (primary N) is 1. The second-order valence-electron chi connectivity index (χ2n) is 4.10. The summed E-state index contributed by atoms with van der Waals surface area (Å²) in [6.45, 7) is 1.32. The van der Waals surface area contributed by atoms with Crippen LogP contribution < -0.4 is 10.5 Å². The zero-order chi connectivity index (χ0) is 12.3. The SMILES string of the molecule is NC(=O)N1CCC(Oc2ccc(Cl)cc2)CC1. The van der Waals surface area contributed by atoms with E-state index in [0.29, 0.717) is 18.1 Å². The van der Waals surface area contributed by atoms with Crippen molar-refractivity contribution >= 4 is 17.6 Å². The Morgan fingerprint density at radius 3 is 2.41 bits per heavy atom. The van der Waals surface area contributed by atoms with Crippen LogP contribution in [0, 0.1) is 0 Å². The number of rotatable bonds is 2. The Bertz CT molecular complexity index is 386. The van der Waals surface area contributed by atoms with Gasteiger partial charge in [-0.3, -0.25) is 0 Å². The maximum absolute atomic E-state index is 10.9. The van der Waals surface area contributed by atoms with Crippen LogP contribution in [0.5, 0.6) is 5.75 Å². The van der Waals surface area contributed by atoms with Crippen LogP contribution in [-0.2, 0) is 0 Å². The molecule has 2 amide bonds. The topological polar surface area (TPSA) is 55.6 Å². The number of hydrogen-bond donors (Lipinski definition) is 1. The molecule has 1 aromatic carbocycles. The molecule has 92 valence electrons. The smallest absolute Gasteiger partial charge is 0.314 e. The van der Waals surface area contributed by atoms with Crippen molar-refractivity contribution in [2.75, 3.05) is 13.1 Å². The fraction of sp³-hybridized carbons (Fsp3) is 0.417. The number of urea groups is 1. The van der Waals surface area contributed by atoms with E-state index in [1.165, 1.54) is 0 Å². The van der Waals surface area contributed by atoms with Gasteiger partial charge in [0, 0.05) is 31.0 Å². The minimum Gasteiger partial charge on any atom is -0.490 e. The third-order valence-electron chi connectivity index (χ3n) is 2.87. The van der Waals surface area contributed by atoms with Crippen molar-refractivity contribution in [3.63, 3.8) is 0 Å². The number of nitrogens with zero attached hydrogens (tertiary/aromatic N) is 1. The highest BCUT2D eigenvalue weighted by Crippen LogP contribution is 2.20. The standard InChI is InChI=1S/C12H15ClN2O2/c13-9-1-3-10(4-2-9)17-11-5-7-15(8-6-11)12(14)16/h1-4,11H,5-8H2,(H2,14,16). The average Bonchev–Trinajstić information content (AvgIpc) is 2.33. The molecule has 0 spiro atoms. The first-order valence-electron chi connectivity index (χ1n) is 5.62. The highest BCUT2D eigenvalue weighted by Gasteiger charge is 2.22. The zero-order valence-corrected chi connectivity index (χ0v) is 10.2. The predicted octanol–water partition coefficient (Wildman–Crippen LogP) is 2.26. The molecule has 0 bridgehead atoms. The number of amides is 2. The molecule has 1 fully saturated rings. The van der Waals surface area contributed by atoms with Crippen molar-refractivity contribution in [3.8, 4) is 5.75 Å². The number of primary amides is 1. The summed E-state index contributed by atoms with van der Waals surface area (Å²) in [7, 11) is 0. The Kier molecular flexibility index (Phi) is 3.74. The van der Waals surface area contributed by atoms with Crippen molar-refractivity contribution in [3.05, 3.63) is 29.3 Å². The lowest BCUT2D eigenvalue weighted by atomic mass is 10.1. The zero-order valence-electron chi connectivity index (χ0n) is 9.43. The van der Waals surface area contributed by atoms with E-state index >= 15 is 0 Å². The first-order valence-corrected chi connectivity index (χ1v) is 5.99. The Hall–Kier alpha value is -1.42. The summed E-state index contributed by atoms with van der Waals surface area (Å²) in [6.07, 6.45) is 1.77. The quantitative estimate of drug-likeness (QED) is 0.880. The van der Waals surface area contributed by atoms with E-state index in [1.807, 2.05) is 12.1 Å². The van der Waals surface area contributed by atoms with Crippen LogP contribution in [0.25, 0.3) is 0 Å². The number of carbonyl (C=O) groups excluding carboxylic acids is 1. The molecule has 1 aliphatic heterocycles. The minimum atomic E-state index is -0.352. The Labute approximate surface area is 105 Å². The molecule has 4 nitrogen and oxygen atoms in total. The fourth-order valence-electron chi connectivity index (χ4n) is 1.90. The second kappa shape index (κ2) is 5.27. The molecule has 2 N–H and O–H groups in total. The first-order chi connectivity index (χ1) is 8.15. The Morgan fingerprint density at radius 2 is 1.88 bits per heavy atom. The molecule has 2 rings (SSSR count). The summed E-state index contributed by atoms with van der Waals surface area (Å²) in [5.74, 6) is 0.812. The van der Waals surface area contributed by atoms with Crippen molar-refractivity contribution in [2.45, 2.75) is 18.9 Å². The summed E-state index contributed by atoms with van der Waals surface area (Å²) in [5, 5.41) is 0.695. The lowest BCUT2D eigenvalue weighted by Crippen LogP contribution is -2.44. The van der Waals surface area contributed by atoms with E-state index in [2.05, 4.69) is 0 Å². The minimum absolute atomic E-state index is 0.145. The van der Waals surface area contributed by atoms with E-state index in [4.69, 9.17) is 22.1 Å². The number of ether oxygens (including phenoxy) is 1. The molecular formula is C12H15ClN2O2. The van der Waals surface area contributed by atoms with E-state index in [-0.39, 0.29) is 12.1 Å². The van der Waals surface area contributed by atoms with Gasteiger partial charge in [-0.25, -0.2) is 4.79 Å². The first kappa shape index (κ1) is 12.0. The number of halogens is 1. The number of likely N-dealkylation sites (tertiary alicyclic amines) is 1. The Balaban J connectivity index is 1.85. The number of hydrogen-bond acceptors (Lipinski definition) is 2. The molecule has 0 unspecified atom stereocenters. The third kappa shape index (κ3) is 3.27. The van der Waals surface area contributed by atoms with Gasteiger partial charge in [0.1, 0.15) is 11.9 Å². The summed E-state index contributed by atoms with van der Waals surface area (Å²) in [5.41, 5.74) is 5.21. The number of carbonyl (C=O) groups is 1. The van der Waals surface area contributed by atoms with Gasteiger partial charge < -0.3 is 15.4 Å². The Morgan fingerprint density at radius 1 is 1.29 bits per heavy atom. The van der Waals surface area contributed by atoms with Crippen LogP contribution in [0.15, 0.2) is 24.3 Å². The number of piperidine rings is 1. The van der Waals surface area contributed by atoms with Gasteiger partial charge in [-0.2, -0.15) is 0 Å². The fourth-order valence-corrected chi connectivity index (χ4v) is 2.03. The maximum atomic E-state index is 10.9. The van der Waals surface area contributed by atoms with Gasteiger partial charge in [0.05, 0.1) is 0 Å². The van der Waals surface area contributed by atoms with Crippen molar-refractivity contribution < 1.29 is 9.53 Å². The van der Waals surface area contributed by atoms with Gasteiger partial charge in [0.25, 0.3) is 0 Å². The van der Waals surface area contributed by atoms with Gasteiger partial charge in [-0.1, -0.05) is 11.6 Å². The molecule has 1 aliphatic rings. The molecule has 1 heterocycles. The van der Waals surface area contributed by atoms with Gasteiger partial charge in [0.2, 0.25) is 0 Å². The lowest BCUT2D eigenvalue weighted by molar-refractivity contribution is 0.114. The maximum Gasteiger partial charge on any atom is 0.314 e. The third-order valence-corrected chi connectivity index (χ3v) is 3.12. The van der Waals surface area contributed by atoms with E-state index in [0.717, 1.165) is 18.6 Å². The molecule has 0 aromatic heterocycles. The largest absolute Gasteiger partial charge is 0.490 e. The summed E-state index contributed by atoms with van der Waals surface area (Å²) < 4.78 is 5.80.